The first-order valence-electron chi connectivity index (χ1n) is 6.93. The maximum atomic E-state index is 3.95. The van der Waals surface area contributed by atoms with Crippen molar-refractivity contribution < 1.29 is 0 Å². The summed E-state index contributed by atoms with van der Waals surface area (Å²) in [6, 6.07) is 2.98. The number of rotatable bonds is 0. The highest BCUT2D eigenvalue weighted by Gasteiger charge is 2.44. The zero-order valence-corrected chi connectivity index (χ0v) is 11.9. The first kappa shape index (κ1) is 11.7. The van der Waals surface area contributed by atoms with E-state index < -0.39 is 0 Å². The van der Waals surface area contributed by atoms with Crippen LogP contribution in [-0.2, 0) is 12.0 Å². The van der Waals surface area contributed by atoms with Crippen molar-refractivity contribution in [3.8, 4) is 0 Å². The lowest BCUT2D eigenvalue weighted by Crippen LogP contribution is -2.54. The van der Waals surface area contributed by atoms with Gasteiger partial charge in [-0.25, -0.2) is 0 Å². The molecule has 0 amide bonds. The first-order chi connectivity index (χ1) is 8.09. The summed E-state index contributed by atoms with van der Waals surface area (Å²) in [5.41, 5.74) is 1.92. The van der Waals surface area contributed by atoms with Crippen molar-refractivity contribution in [1.82, 2.24) is 5.32 Å². The Morgan fingerprint density at radius 2 is 1.94 bits per heavy atom. The normalized spacial score (nSPS) is 41.5. The minimum atomic E-state index is 0.304. The van der Waals surface area contributed by atoms with E-state index in [9.17, 15) is 0 Å². The molecular formula is C15H23NS. The molecule has 1 fully saturated rings. The second-order valence-corrected chi connectivity index (χ2v) is 7.38. The van der Waals surface area contributed by atoms with Gasteiger partial charge in [0.1, 0.15) is 0 Å². The maximum absolute atomic E-state index is 3.95. The molecule has 0 bridgehead atoms. The molecule has 1 N–H and O–H groups in total. The summed E-state index contributed by atoms with van der Waals surface area (Å²) in [5.74, 6) is 1.71. The van der Waals surface area contributed by atoms with E-state index in [2.05, 4.69) is 37.5 Å². The molecule has 0 radical (unpaired) electrons. The van der Waals surface area contributed by atoms with E-state index in [0.717, 1.165) is 11.8 Å². The molecule has 1 aromatic rings. The Kier molecular flexibility index (Phi) is 2.83. The molecule has 1 aliphatic carbocycles. The van der Waals surface area contributed by atoms with Crippen molar-refractivity contribution in [3.63, 3.8) is 0 Å². The van der Waals surface area contributed by atoms with Crippen LogP contribution >= 0.6 is 11.3 Å². The Bertz CT molecular complexity index is 399. The maximum Gasteiger partial charge on any atom is 0.0538 e. The Labute approximate surface area is 109 Å². The van der Waals surface area contributed by atoms with Crippen molar-refractivity contribution >= 4 is 11.3 Å². The molecule has 2 aliphatic rings. The lowest BCUT2D eigenvalue weighted by Gasteiger charge is -2.48. The molecule has 3 atom stereocenters. The third-order valence-corrected chi connectivity index (χ3v) is 5.59. The van der Waals surface area contributed by atoms with Gasteiger partial charge in [0.05, 0.1) is 5.54 Å². The number of thiophene rings is 1. The predicted molar refractivity (Wildman–Crippen MR) is 74.5 cm³/mol. The number of hydrogen-bond acceptors (Lipinski definition) is 2. The summed E-state index contributed by atoms with van der Waals surface area (Å²) in [5, 5.41) is 6.23. The van der Waals surface area contributed by atoms with Crippen LogP contribution in [0.5, 0.6) is 0 Å². The molecule has 0 aromatic carbocycles. The summed E-state index contributed by atoms with van der Waals surface area (Å²) < 4.78 is 0. The van der Waals surface area contributed by atoms with Crippen LogP contribution in [0.4, 0.5) is 0 Å². The van der Waals surface area contributed by atoms with E-state index in [-0.39, 0.29) is 0 Å². The average Bonchev–Trinajstić information content (AvgIpc) is 2.63. The molecule has 1 aromatic heterocycles. The van der Waals surface area contributed by atoms with E-state index in [1.54, 1.807) is 10.4 Å². The monoisotopic (exact) mass is 249 g/mol. The molecular weight excluding hydrogens is 226 g/mol. The van der Waals surface area contributed by atoms with Gasteiger partial charge in [0.25, 0.3) is 0 Å². The summed E-state index contributed by atoms with van der Waals surface area (Å²) >= 11 is 1.97. The highest BCUT2D eigenvalue weighted by atomic mass is 32.1. The van der Waals surface area contributed by atoms with Crippen LogP contribution in [0.3, 0.4) is 0 Å². The van der Waals surface area contributed by atoms with Gasteiger partial charge in [-0.2, -0.15) is 0 Å². The van der Waals surface area contributed by atoms with Crippen molar-refractivity contribution in [1.29, 1.82) is 0 Å². The second-order valence-electron chi connectivity index (χ2n) is 6.46. The molecule has 2 heteroatoms. The van der Waals surface area contributed by atoms with Gasteiger partial charge in [-0.15, -0.1) is 11.3 Å². The van der Waals surface area contributed by atoms with Crippen LogP contribution in [0.15, 0.2) is 11.4 Å². The standard InChI is InChI=1S/C15H23NS/c1-10-6-11(2)9-15(8-10)14-13(4-5-17-14)7-12(3)16-15/h4-5,10-12,16H,6-9H2,1-3H3/t10-,11-,12-/m1/s1. The van der Waals surface area contributed by atoms with Crippen LogP contribution in [0, 0.1) is 11.8 Å². The van der Waals surface area contributed by atoms with Gasteiger partial charge in [-0.05, 0) is 61.5 Å². The van der Waals surface area contributed by atoms with Gasteiger partial charge in [-0.3, -0.25) is 0 Å². The first-order valence-corrected chi connectivity index (χ1v) is 7.81. The van der Waals surface area contributed by atoms with Gasteiger partial charge in [0.15, 0.2) is 0 Å². The molecule has 0 unspecified atom stereocenters. The molecule has 17 heavy (non-hydrogen) atoms. The van der Waals surface area contributed by atoms with E-state index in [1.165, 1.54) is 25.7 Å². The van der Waals surface area contributed by atoms with E-state index in [1.807, 2.05) is 11.3 Å². The van der Waals surface area contributed by atoms with Gasteiger partial charge in [0, 0.05) is 10.9 Å². The summed E-state index contributed by atoms with van der Waals surface area (Å²) in [6.45, 7) is 7.18. The molecule has 1 nitrogen and oxygen atoms in total. The average molecular weight is 249 g/mol. The van der Waals surface area contributed by atoms with Crippen molar-refractivity contribution in [2.75, 3.05) is 0 Å². The zero-order valence-electron chi connectivity index (χ0n) is 11.1. The fourth-order valence-corrected chi connectivity index (χ4v) is 5.39. The van der Waals surface area contributed by atoms with Crippen molar-refractivity contribution in [3.05, 3.63) is 21.9 Å². The van der Waals surface area contributed by atoms with E-state index in [4.69, 9.17) is 0 Å². The minimum absolute atomic E-state index is 0.304. The fraction of sp³-hybridized carbons (Fsp3) is 0.733. The second kappa shape index (κ2) is 4.10. The number of hydrogen-bond donors (Lipinski definition) is 1. The largest absolute Gasteiger partial charge is 0.304 e. The quantitative estimate of drug-likeness (QED) is 0.734. The molecule has 1 aliphatic heterocycles. The Morgan fingerprint density at radius 1 is 1.24 bits per heavy atom. The molecule has 2 heterocycles. The van der Waals surface area contributed by atoms with E-state index >= 15 is 0 Å². The van der Waals surface area contributed by atoms with Gasteiger partial charge in [0.2, 0.25) is 0 Å². The summed E-state index contributed by atoms with van der Waals surface area (Å²) in [7, 11) is 0. The van der Waals surface area contributed by atoms with Gasteiger partial charge >= 0.3 is 0 Å². The Balaban J connectivity index is 2.02. The molecule has 3 rings (SSSR count). The molecule has 0 saturated heterocycles. The molecule has 94 valence electrons. The van der Waals surface area contributed by atoms with Gasteiger partial charge in [-0.1, -0.05) is 13.8 Å². The Hall–Kier alpha value is -0.340. The van der Waals surface area contributed by atoms with Crippen LogP contribution in [0.2, 0.25) is 0 Å². The molecule has 1 spiro atoms. The molecule has 1 saturated carbocycles. The highest BCUT2D eigenvalue weighted by Crippen LogP contribution is 2.47. The predicted octanol–water partition coefficient (Wildman–Crippen LogP) is 3.93. The lowest BCUT2D eigenvalue weighted by molar-refractivity contribution is 0.125. The van der Waals surface area contributed by atoms with E-state index in [0.29, 0.717) is 11.6 Å². The Morgan fingerprint density at radius 3 is 2.65 bits per heavy atom. The number of nitrogens with one attached hydrogen (secondary N) is 1. The van der Waals surface area contributed by atoms with Crippen molar-refractivity contribution in [2.45, 2.75) is 58.0 Å². The van der Waals surface area contributed by atoms with Crippen molar-refractivity contribution in [2.24, 2.45) is 11.8 Å². The van der Waals surface area contributed by atoms with Crippen LogP contribution in [0.25, 0.3) is 0 Å². The fourth-order valence-electron chi connectivity index (χ4n) is 4.26. The summed E-state index contributed by atoms with van der Waals surface area (Å²) in [6.07, 6.45) is 5.27. The van der Waals surface area contributed by atoms with Crippen LogP contribution in [0.1, 0.15) is 50.5 Å². The summed E-state index contributed by atoms with van der Waals surface area (Å²) in [4.78, 5) is 1.65. The SMILES string of the molecule is C[C@@H]1C[C@@H](C)CC2(C1)N[C@H](C)Cc1ccsc12. The topological polar surface area (TPSA) is 12.0 Å². The minimum Gasteiger partial charge on any atom is -0.304 e. The number of fused-ring (bicyclic) bond motifs is 2. The van der Waals surface area contributed by atoms with Crippen LogP contribution < -0.4 is 5.32 Å². The third-order valence-electron chi connectivity index (χ3n) is 4.43. The van der Waals surface area contributed by atoms with Crippen LogP contribution in [-0.4, -0.2) is 6.04 Å². The zero-order chi connectivity index (χ0) is 12.0. The third kappa shape index (κ3) is 1.96. The highest BCUT2D eigenvalue weighted by molar-refractivity contribution is 7.10. The van der Waals surface area contributed by atoms with Gasteiger partial charge < -0.3 is 5.32 Å². The smallest absolute Gasteiger partial charge is 0.0538 e. The lowest BCUT2D eigenvalue weighted by atomic mass is 9.68.